The summed E-state index contributed by atoms with van der Waals surface area (Å²) in [5, 5.41) is 0. The van der Waals surface area contributed by atoms with Crippen LogP contribution in [0, 0.1) is 0 Å². The Bertz CT molecular complexity index is 182. The first-order chi connectivity index (χ1) is 6.42. The Morgan fingerprint density at radius 3 is 2.00 bits per heavy atom. The zero-order valence-electron chi connectivity index (χ0n) is 10.3. The first-order valence-corrected chi connectivity index (χ1v) is 13.3. The summed E-state index contributed by atoms with van der Waals surface area (Å²) in [4.78, 5) is 2.58. The molecule has 1 aliphatic rings. The van der Waals surface area contributed by atoms with Gasteiger partial charge < -0.3 is 0 Å². The Morgan fingerprint density at radius 1 is 1.14 bits per heavy atom. The average Bonchev–Trinajstić information content (AvgIpc) is 2.16. The molecule has 2 N–H and O–H groups in total. The van der Waals surface area contributed by atoms with Crippen molar-refractivity contribution in [2.45, 2.75) is 54.4 Å². The van der Waals surface area contributed by atoms with E-state index in [2.05, 4.69) is 29.1 Å². The standard InChI is InChI=1S/C11H26GeN2/c1-5-11(13,12(2,3)4)14-9-7-6-8-10-14/h5-10,13H2,1-4H3. The molecule has 0 radical (unpaired) electrons. The predicted octanol–water partition coefficient (Wildman–Crippen LogP) is 2.41. The van der Waals surface area contributed by atoms with Crippen molar-refractivity contribution in [1.82, 2.24) is 4.90 Å². The van der Waals surface area contributed by atoms with E-state index in [1.807, 2.05) is 0 Å². The van der Waals surface area contributed by atoms with Gasteiger partial charge in [-0.1, -0.05) is 0 Å². The van der Waals surface area contributed by atoms with E-state index in [4.69, 9.17) is 5.73 Å². The van der Waals surface area contributed by atoms with Crippen LogP contribution < -0.4 is 5.73 Å². The normalized spacial score (nSPS) is 24.6. The third-order valence-corrected chi connectivity index (χ3v) is 10.6. The molecule has 3 heteroatoms. The van der Waals surface area contributed by atoms with Crippen molar-refractivity contribution in [3.63, 3.8) is 0 Å². The maximum atomic E-state index is 6.66. The molecule has 1 heterocycles. The van der Waals surface area contributed by atoms with Gasteiger partial charge in [0.1, 0.15) is 0 Å². The SMILES string of the molecule is CC[C](N)(N1CCCCC1)[Ge]([CH3])([CH3])[CH3]. The summed E-state index contributed by atoms with van der Waals surface area (Å²) in [5.41, 5.74) is 6.66. The number of hydrogen-bond acceptors (Lipinski definition) is 2. The number of hydrogen-bond donors (Lipinski definition) is 1. The van der Waals surface area contributed by atoms with Crippen LogP contribution in [-0.2, 0) is 0 Å². The fourth-order valence-corrected chi connectivity index (χ4v) is 7.21. The summed E-state index contributed by atoms with van der Waals surface area (Å²) in [6.07, 6.45) is 5.21. The molecule has 0 bridgehead atoms. The molecule has 0 amide bonds. The van der Waals surface area contributed by atoms with Crippen LogP contribution in [0.1, 0.15) is 32.6 Å². The molecule has 0 aromatic carbocycles. The number of piperidine rings is 1. The molecule has 84 valence electrons. The van der Waals surface area contributed by atoms with E-state index in [1.165, 1.54) is 32.4 Å². The van der Waals surface area contributed by atoms with E-state index in [-0.39, 0.29) is 4.50 Å². The summed E-state index contributed by atoms with van der Waals surface area (Å²) >= 11 is -1.81. The molecule has 0 aromatic rings. The van der Waals surface area contributed by atoms with Gasteiger partial charge in [0.25, 0.3) is 0 Å². The number of likely N-dealkylation sites (tertiary alicyclic amines) is 1. The van der Waals surface area contributed by atoms with Gasteiger partial charge in [0, 0.05) is 0 Å². The van der Waals surface area contributed by atoms with Crippen molar-refractivity contribution in [1.29, 1.82) is 0 Å². The molecule has 0 saturated carbocycles. The second-order valence-electron chi connectivity index (χ2n) is 5.58. The van der Waals surface area contributed by atoms with Crippen LogP contribution in [0.25, 0.3) is 0 Å². The molecule has 1 aliphatic heterocycles. The molecular weight excluding hydrogens is 233 g/mol. The zero-order chi connectivity index (χ0) is 10.8. The number of nitrogens with zero attached hydrogens (tertiary/aromatic N) is 1. The second kappa shape index (κ2) is 4.54. The molecule has 2 nitrogen and oxygen atoms in total. The van der Waals surface area contributed by atoms with Gasteiger partial charge in [-0.15, -0.1) is 0 Å². The van der Waals surface area contributed by atoms with E-state index < -0.39 is 13.3 Å². The monoisotopic (exact) mass is 260 g/mol. The minimum atomic E-state index is -1.81. The van der Waals surface area contributed by atoms with Crippen molar-refractivity contribution in [2.75, 3.05) is 13.1 Å². The van der Waals surface area contributed by atoms with E-state index >= 15 is 0 Å². The number of nitrogens with two attached hydrogens (primary N) is 1. The summed E-state index contributed by atoms with van der Waals surface area (Å²) in [6, 6.07) is 0. The van der Waals surface area contributed by atoms with Crippen LogP contribution in [0.2, 0.25) is 17.3 Å². The first-order valence-electron chi connectivity index (χ1n) is 5.96. The molecule has 1 saturated heterocycles. The van der Waals surface area contributed by atoms with Crippen molar-refractivity contribution < 1.29 is 0 Å². The van der Waals surface area contributed by atoms with Crippen LogP contribution in [0.4, 0.5) is 0 Å². The van der Waals surface area contributed by atoms with Gasteiger partial charge in [0.05, 0.1) is 0 Å². The Kier molecular flexibility index (Phi) is 4.06. The molecule has 0 spiro atoms. The van der Waals surface area contributed by atoms with Crippen molar-refractivity contribution in [3.05, 3.63) is 0 Å². The molecule has 1 fully saturated rings. The number of rotatable bonds is 3. The van der Waals surface area contributed by atoms with Crippen LogP contribution in [0.5, 0.6) is 0 Å². The van der Waals surface area contributed by atoms with Crippen LogP contribution in [0.3, 0.4) is 0 Å². The third-order valence-electron chi connectivity index (χ3n) is 3.76. The van der Waals surface area contributed by atoms with Gasteiger partial charge in [0.15, 0.2) is 0 Å². The van der Waals surface area contributed by atoms with Crippen molar-refractivity contribution in [2.24, 2.45) is 5.73 Å². The minimum absolute atomic E-state index is 0.0699. The van der Waals surface area contributed by atoms with Crippen LogP contribution in [0.15, 0.2) is 0 Å². The van der Waals surface area contributed by atoms with Crippen molar-refractivity contribution in [3.8, 4) is 0 Å². The Morgan fingerprint density at radius 2 is 1.64 bits per heavy atom. The topological polar surface area (TPSA) is 29.3 Å². The van der Waals surface area contributed by atoms with E-state index in [9.17, 15) is 0 Å². The maximum absolute atomic E-state index is 6.66. The first kappa shape index (κ1) is 12.5. The van der Waals surface area contributed by atoms with Gasteiger partial charge in [-0.2, -0.15) is 0 Å². The molecule has 1 atom stereocenters. The van der Waals surface area contributed by atoms with Gasteiger partial charge in [-0.05, 0) is 0 Å². The zero-order valence-corrected chi connectivity index (χ0v) is 12.4. The second-order valence-corrected chi connectivity index (χ2v) is 16.8. The summed E-state index contributed by atoms with van der Waals surface area (Å²) in [5.74, 6) is 7.33. The van der Waals surface area contributed by atoms with E-state index in [0.717, 1.165) is 6.42 Å². The average molecular weight is 259 g/mol. The molecule has 0 aromatic heterocycles. The van der Waals surface area contributed by atoms with E-state index in [0.29, 0.717) is 0 Å². The fraction of sp³-hybridized carbons (Fsp3) is 1.00. The molecule has 0 aliphatic carbocycles. The predicted molar refractivity (Wildman–Crippen MR) is 66.0 cm³/mol. The van der Waals surface area contributed by atoms with Gasteiger partial charge in [-0.25, -0.2) is 0 Å². The van der Waals surface area contributed by atoms with Gasteiger partial charge >= 0.3 is 91.4 Å². The third kappa shape index (κ3) is 2.34. The summed E-state index contributed by atoms with van der Waals surface area (Å²) < 4.78 is 0.0699. The Hall–Kier alpha value is 0.463. The van der Waals surface area contributed by atoms with Crippen LogP contribution >= 0.6 is 0 Å². The summed E-state index contributed by atoms with van der Waals surface area (Å²) in [7, 11) is 0. The van der Waals surface area contributed by atoms with Crippen molar-refractivity contribution >= 4 is 13.3 Å². The Labute approximate surface area is 91.6 Å². The van der Waals surface area contributed by atoms with Gasteiger partial charge in [-0.3, -0.25) is 0 Å². The molecule has 1 unspecified atom stereocenters. The Balaban J connectivity index is 2.77. The molecule has 14 heavy (non-hydrogen) atoms. The quantitative estimate of drug-likeness (QED) is 0.788. The molecule has 1 rings (SSSR count). The fourth-order valence-electron chi connectivity index (χ4n) is 2.52. The molecular formula is C11H26GeN2. The van der Waals surface area contributed by atoms with Gasteiger partial charge in [0.2, 0.25) is 0 Å². The van der Waals surface area contributed by atoms with E-state index in [1.54, 1.807) is 0 Å². The van der Waals surface area contributed by atoms with Crippen LogP contribution in [-0.4, -0.2) is 35.8 Å². The summed E-state index contributed by atoms with van der Waals surface area (Å²) in [6.45, 7) is 4.71.